The van der Waals surface area contributed by atoms with Crippen molar-refractivity contribution in [1.29, 1.82) is 0 Å². The van der Waals surface area contributed by atoms with Crippen LogP contribution in [0.25, 0.3) is 0 Å². The fourth-order valence-electron chi connectivity index (χ4n) is 2.24. The first-order valence-electron chi connectivity index (χ1n) is 8.35. The number of carbonyl (C=O) groups excluding carboxylic acids is 1. The summed E-state index contributed by atoms with van der Waals surface area (Å²) < 4.78 is 49.0. The van der Waals surface area contributed by atoms with Gasteiger partial charge in [-0.1, -0.05) is 18.2 Å². The van der Waals surface area contributed by atoms with Gasteiger partial charge in [0.25, 0.3) is 0 Å². The van der Waals surface area contributed by atoms with Crippen molar-refractivity contribution in [3.8, 4) is 5.75 Å². The molecule has 0 aliphatic rings. The van der Waals surface area contributed by atoms with Gasteiger partial charge in [-0.05, 0) is 42.3 Å². The molecule has 0 saturated carbocycles. The highest BCUT2D eigenvalue weighted by atomic mass is 32.2. The Morgan fingerprint density at radius 3 is 2.33 bits per heavy atom. The van der Waals surface area contributed by atoms with Crippen LogP contribution in [0.5, 0.6) is 5.75 Å². The molecule has 0 unspecified atom stereocenters. The third kappa shape index (κ3) is 6.04. The number of aryl methyl sites for hydroxylation is 1. The van der Waals surface area contributed by atoms with Crippen LogP contribution in [0.15, 0.2) is 53.4 Å². The van der Waals surface area contributed by atoms with Crippen LogP contribution < -0.4 is 4.74 Å². The Morgan fingerprint density at radius 1 is 1.04 bits per heavy atom. The maximum absolute atomic E-state index is 13.5. The van der Waals surface area contributed by atoms with Crippen molar-refractivity contribution >= 4 is 16.0 Å². The van der Waals surface area contributed by atoms with Gasteiger partial charge in [-0.15, -0.1) is 0 Å². The minimum Gasteiger partial charge on any atom is -0.490 e. The SMILES string of the molecule is CN(C)S(=O)(=O)c1ccc(OCCOC(=O)CCc2ccccc2F)cc1. The minimum absolute atomic E-state index is 0.0495. The zero-order chi connectivity index (χ0) is 19.9. The summed E-state index contributed by atoms with van der Waals surface area (Å²) in [6, 6.07) is 12.3. The van der Waals surface area contributed by atoms with E-state index in [1.165, 1.54) is 44.4 Å². The molecule has 2 aromatic rings. The molecule has 0 fully saturated rings. The smallest absolute Gasteiger partial charge is 0.306 e. The number of hydrogen-bond acceptors (Lipinski definition) is 5. The monoisotopic (exact) mass is 395 g/mol. The summed E-state index contributed by atoms with van der Waals surface area (Å²) in [6.45, 7) is 0.180. The van der Waals surface area contributed by atoms with E-state index in [-0.39, 0.29) is 36.8 Å². The first-order valence-corrected chi connectivity index (χ1v) is 9.79. The molecule has 0 bridgehead atoms. The second-order valence-electron chi connectivity index (χ2n) is 5.92. The van der Waals surface area contributed by atoms with Gasteiger partial charge in [-0.3, -0.25) is 4.79 Å². The molecule has 0 aliphatic heterocycles. The molecule has 6 nitrogen and oxygen atoms in total. The Labute approximate surface area is 158 Å². The largest absolute Gasteiger partial charge is 0.490 e. The van der Waals surface area contributed by atoms with Crippen molar-refractivity contribution in [1.82, 2.24) is 4.31 Å². The Kier molecular flexibility index (Phi) is 7.32. The van der Waals surface area contributed by atoms with Crippen molar-refractivity contribution in [2.24, 2.45) is 0 Å². The molecule has 0 heterocycles. The topological polar surface area (TPSA) is 72.9 Å². The normalized spacial score (nSPS) is 11.4. The average Bonchev–Trinajstić information content (AvgIpc) is 2.65. The molecule has 0 spiro atoms. The Balaban J connectivity index is 1.72. The molecule has 2 rings (SSSR count). The second-order valence-corrected chi connectivity index (χ2v) is 8.07. The van der Waals surface area contributed by atoms with Crippen LogP contribution in [0.1, 0.15) is 12.0 Å². The van der Waals surface area contributed by atoms with Crippen molar-refractivity contribution in [2.75, 3.05) is 27.3 Å². The number of hydrogen-bond donors (Lipinski definition) is 0. The summed E-state index contributed by atoms with van der Waals surface area (Å²) in [5.74, 6) is -0.308. The molecule has 0 aliphatic carbocycles. The van der Waals surface area contributed by atoms with Crippen molar-refractivity contribution in [3.63, 3.8) is 0 Å². The number of esters is 1. The lowest BCUT2D eigenvalue weighted by Crippen LogP contribution is -2.22. The lowest BCUT2D eigenvalue weighted by atomic mass is 10.1. The van der Waals surface area contributed by atoms with Gasteiger partial charge >= 0.3 is 5.97 Å². The van der Waals surface area contributed by atoms with Crippen molar-refractivity contribution < 1.29 is 27.1 Å². The summed E-state index contributed by atoms with van der Waals surface area (Å²) in [7, 11) is -0.563. The lowest BCUT2D eigenvalue weighted by Gasteiger charge is -2.12. The number of halogens is 1. The number of sulfonamides is 1. The zero-order valence-corrected chi connectivity index (χ0v) is 16.0. The number of benzene rings is 2. The zero-order valence-electron chi connectivity index (χ0n) is 15.2. The molecule has 27 heavy (non-hydrogen) atoms. The predicted octanol–water partition coefficient (Wildman–Crippen LogP) is 2.63. The lowest BCUT2D eigenvalue weighted by molar-refractivity contribution is -0.144. The van der Waals surface area contributed by atoms with Crippen LogP contribution in [0.3, 0.4) is 0 Å². The Hall–Kier alpha value is -2.45. The molecule has 2 aromatic carbocycles. The first-order chi connectivity index (χ1) is 12.8. The minimum atomic E-state index is -3.48. The fourth-order valence-corrected chi connectivity index (χ4v) is 3.15. The van der Waals surface area contributed by atoms with Gasteiger partial charge in [0, 0.05) is 20.5 Å². The van der Waals surface area contributed by atoms with Crippen molar-refractivity contribution in [3.05, 3.63) is 59.9 Å². The maximum Gasteiger partial charge on any atom is 0.306 e. The van der Waals surface area contributed by atoms with E-state index in [2.05, 4.69) is 0 Å². The van der Waals surface area contributed by atoms with Crippen LogP contribution in [0.4, 0.5) is 4.39 Å². The van der Waals surface area contributed by atoms with E-state index in [4.69, 9.17) is 9.47 Å². The van der Waals surface area contributed by atoms with Gasteiger partial charge in [-0.2, -0.15) is 0 Å². The third-order valence-corrected chi connectivity index (χ3v) is 5.60. The highest BCUT2D eigenvalue weighted by Crippen LogP contribution is 2.18. The number of rotatable bonds is 9. The van der Waals surface area contributed by atoms with E-state index < -0.39 is 16.0 Å². The predicted molar refractivity (Wildman–Crippen MR) is 98.5 cm³/mol. The number of carbonyl (C=O) groups is 1. The molecule has 0 atom stereocenters. The number of nitrogens with zero attached hydrogens (tertiary/aromatic N) is 1. The average molecular weight is 395 g/mol. The Bertz CT molecular complexity index is 866. The molecule has 8 heteroatoms. The summed E-state index contributed by atoms with van der Waals surface area (Å²) in [6.07, 6.45) is 0.353. The molecule has 0 saturated heterocycles. The van der Waals surface area contributed by atoms with E-state index in [0.29, 0.717) is 11.3 Å². The maximum atomic E-state index is 13.5. The molecular formula is C19H22FNO5S. The molecular weight excluding hydrogens is 373 g/mol. The summed E-state index contributed by atoms with van der Waals surface area (Å²) in [5, 5.41) is 0. The first kappa shape index (κ1) is 20.9. The molecule has 0 amide bonds. The van der Waals surface area contributed by atoms with E-state index >= 15 is 0 Å². The number of ether oxygens (including phenoxy) is 2. The summed E-state index contributed by atoms with van der Waals surface area (Å²) >= 11 is 0. The molecule has 0 radical (unpaired) electrons. The van der Waals surface area contributed by atoms with Gasteiger partial charge in [0.2, 0.25) is 10.0 Å². The second kappa shape index (κ2) is 9.48. The van der Waals surface area contributed by atoms with E-state index in [1.54, 1.807) is 18.2 Å². The van der Waals surface area contributed by atoms with E-state index in [0.717, 1.165) is 4.31 Å². The van der Waals surface area contributed by atoms with Crippen LogP contribution in [0.2, 0.25) is 0 Å². The van der Waals surface area contributed by atoms with Crippen LogP contribution >= 0.6 is 0 Å². The Morgan fingerprint density at radius 2 is 1.70 bits per heavy atom. The van der Waals surface area contributed by atoms with Gasteiger partial charge < -0.3 is 9.47 Å². The quantitative estimate of drug-likeness (QED) is 0.482. The van der Waals surface area contributed by atoms with Gasteiger partial charge in [0.1, 0.15) is 24.8 Å². The van der Waals surface area contributed by atoms with Crippen LogP contribution in [0, 0.1) is 5.82 Å². The van der Waals surface area contributed by atoms with Crippen LogP contribution in [-0.4, -0.2) is 46.0 Å². The summed E-state index contributed by atoms with van der Waals surface area (Å²) in [4.78, 5) is 11.9. The standard InChI is InChI=1S/C19H22FNO5S/c1-21(2)27(23,24)17-10-8-16(9-11-17)25-13-14-26-19(22)12-7-15-5-3-4-6-18(15)20/h3-6,8-11H,7,12-14H2,1-2H3. The van der Waals surface area contributed by atoms with E-state index in [9.17, 15) is 17.6 Å². The molecule has 146 valence electrons. The van der Waals surface area contributed by atoms with Gasteiger partial charge in [0.15, 0.2) is 0 Å². The van der Waals surface area contributed by atoms with E-state index in [1.807, 2.05) is 0 Å². The van der Waals surface area contributed by atoms with Crippen molar-refractivity contribution in [2.45, 2.75) is 17.7 Å². The molecule has 0 aromatic heterocycles. The van der Waals surface area contributed by atoms with Gasteiger partial charge in [0.05, 0.1) is 4.90 Å². The fraction of sp³-hybridized carbons (Fsp3) is 0.316. The third-order valence-electron chi connectivity index (χ3n) is 3.77. The summed E-state index contributed by atoms with van der Waals surface area (Å²) in [5.41, 5.74) is 0.471. The van der Waals surface area contributed by atoms with Crippen LogP contribution in [-0.2, 0) is 26.0 Å². The molecule has 0 N–H and O–H groups in total. The highest BCUT2D eigenvalue weighted by molar-refractivity contribution is 7.89. The highest BCUT2D eigenvalue weighted by Gasteiger charge is 2.16. The van der Waals surface area contributed by atoms with Gasteiger partial charge in [-0.25, -0.2) is 17.1 Å².